The van der Waals surface area contributed by atoms with Crippen LogP contribution in [0.2, 0.25) is 0 Å². The average molecular weight is 210 g/mol. The molecule has 15 heavy (non-hydrogen) atoms. The second-order valence-corrected chi connectivity index (χ2v) is 3.24. The number of hydrogen-bond acceptors (Lipinski definition) is 5. The second kappa shape index (κ2) is 6.19. The highest BCUT2D eigenvalue weighted by Crippen LogP contribution is 2.07. The molecule has 5 nitrogen and oxygen atoms in total. The standard InChI is InChI=1S/C10H18N4O/c1-4-15-7-8(2)13-10-6-12-5-9(11-3)14-10/h5-6,8H,4,7H2,1-3H3,(H2,11,13,14). The van der Waals surface area contributed by atoms with E-state index < -0.39 is 0 Å². The highest BCUT2D eigenvalue weighted by atomic mass is 16.5. The lowest BCUT2D eigenvalue weighted by molar-refractivity contribution is 0.141. The molecule has 0 bridgehead atoms. The molecule has 0 amide bonds. The van der Waals surface area contributed by atoms with Crippen LogP contribution >= 0.6 is 0 Å². The number of nitrogens with zero attached hydrogens (tertiary/aromatic N) is 2. The van der Waals surface area contributed by atoms with Crippen LogP contribution < -0.4 is 10.6 Å². The highest BCUT2D eigenvalue weighted by Gasteiger charge is 2.03. The summed E-state index contributed by atoms with van der Waals surface area (Å²) in [5, 5.41) is 6.15. The molecule has 0 aliphatic heterocycles. The zero-order valence-electron chi connectivity index (χ0n) is 9.45. The summed E-state index contributed by atoms with van der Waals surface area (Å²) in [6, 6.07) is 0.228. The molecule has 0 saturated heterocycles. The first-order chi connectivity index (χ1) is 7.26. The smallest absolute Gasteiger partial charge is 0.147 e. The van der Waals surface area contributed by atoms with Crippen LogP contribution in [0.25, 0.3) is 0 Å². The SMILES string of the molecule is CCOCC(C)Nc1cncc(NC)n1. The van der Waals surface area contributed by atoms with Gasteiger partial charge >= 0.3 is 0 Å². The largest absolute Gasteiger partial charge is 0.380 e. The van der Waals surface area contributed by atoms with Crippen molar-refractivity contribution in [3.8, 4) is 0 Å². The van der Waals surface area contributed by atoms with Crippen LogP contribution in [-0.2, 0) is 4.74 Å². The van der Waals surface area contributed by atoms with Crippen LogP contribution in [0, 0.1) is 0 Å². The predicted molar refractivity (Wildman–Crippen MR) is 61.2 cm³/mol. The topological polar surface area (TPSA) is 59.1 Å². The third-order valence-corrected chi connectivity index (χ3v) is 1.86. The monoisotopic (exact) mass is 210 g/mol. The van der Waals surface area contributed by atoms with E-state index >= 15 is 0 Å². The number of anilines is 2. The van der Waals surface area contributed by atoms with Crippen molar-refractivity contribution in [2.75, 3.05) is 30.9 Å². The Kier molecular flexibility index (Phi) is 4.83. The quantitative estimate of drug-likeness (QED) is 0.742. The van der Waals surface area contributed by atoms with E-state index in [1.54, 1.807) is 12.4 Å². The van der Waals surface area contributed by atoms with Crippen LogP contribution in [0.1, 0.15) is 13.8 Å². The van der Waals surface area contributed by atoms with Crippen LogP contribution in [0.15, 0.2) is 12.4 Å². The zero-order valence-corrected chi connectivity index (χ0v) is 9.45. The Bertz CT molecular complexity index is 293. The van der Waals surface area contributed by atoms with Crippen LogP contribution in [-0.4, -0.2) is 36.3 Å². The molecular weight excluding hydrogens is 192 g/mol. The Balaban J connectivity index is 2.48. The van der Waals surface area contributed by atoms with Crippen LogP contribution in [0.5, 0.6) is 0 Å². The van der Waals surface area contributed by atoms with E-state index in [1.807, 2.05) is 20.9 Å². The maximum Gasteiger partial charge on any atom is 0.147 e. The van der Waals surface area contributed by atoms with Gasteiger partial charge in [0, 0.05) is 19.7 Å². The second-order valence-electron chi connectivity index (χ2n) is 3.24. The lowest BCUT2D eigenvalue weighted by Gasteiger charge is -2.14. The first kappa shape index (κ1) is 11.7. The molecule has 0 saturated carbocycles. The maximum absolute atomic E-state index is 5.30. The van der Waals surface area contributed by atoms with Gasteiger partial charge in [0.2, 0.25) is 0 Å². The molecule has 1 heterocycles. The number of aromatic nitrogens is 2. The number of rotatable bonds is 6. The molecule has 1 atom stereocenters. The molecule has 1 rings (SSSR count). The number of nitrogens with one attached hydrogen (secondary N) is 2. The minimum Gasteiger partial charge on any atom is -0.380 e. The van der Waals surface area contributed by atoms with Gasteiger partial charge in [0.25, 0.3) is 0 Å². The van der Waals surface area contributed by atoms with Crippen LogP contribution in [0.3, 0.4) is 0 Å². The lowest BCUT2D eigenvalue weighted by atomic mass is 10.3. The normalized spacial score (nSPS) is 12.2. The Morgan fingerprint density at radius 2 is 2.13 bits per heavy atom. The third-order valence-electron chi connectivity index (χ3n) is 1.86. The molecule has 1 aromatic heterocycles. The van der Waals surface area contributed by atoms with E-state index in [9.17, 15) is 0 Å². The van der Waals surface area contributed by atoms with Crippen LogP contribution in [0.4, 0.5) is 11.6 Å². The van der Waals surface area contributed by atoms with Gasteiger partial charge in [-0.3, -0.25) is 4.98 Å². The van der Waals surface area contributed by atoms with Gasteiger partial charge < -0.3 is 15.4 Å². The van der Waals surface area contributed by atoms with E-state index in [0.717, 1.165) is 18.2 Å². The number of hydrogen-bond donors (Lipinski definition) is 2. The third kappa shape index (κ3) is 4.12. The summed E-state index contributed by atoms with van der Waals surface area (Å²) >= 11 is 0. The van der Waals surface area contributed by atoms with Crippen molar-refractivity contribution >= 4 is 11.6 Å². The van der Waals surface area contributed by atoms with E-state index in [4.69, 9.17) is 4.74 Å². The first-order valence-corrected chi connectivity index (χ1v) is 5.10. The Labute approximate surface area is 90.3 Å². The molecule has 2 N–H and O–H groups in total. The molecule has 1 unspecified atom stereocenters. The van der Waals surface area contributed by atoms with Crippen molar-refractivity contribution in [1.29, 1.82) is 0 Å². The molecule has 1 aromatic rings. The van der Waals surface area contributed by atoms with Gasteiger partial charge in [-0.2, -0.15) is 0 Å². The van der Waals surface area contributed by atoms with Gasteiger partial charge in [0.05, 0.1) is 19.0 Å². The molecule has 0 aliphatic rings. The molecule has 0 fully saturated rings. The van der Waals surface area contributed by atoms with Gasteiger partial charge in [0.1, 0.15) is 11.6 Å². The van der Waals surface area contributed by atoms with Gasteiger partial charge in [-0.05, 0) is 13.8 Å². The van der Waals surface area contributed by atoms with Gasteiger partial charge in [0.15, 0.2) is 0 Å². The summed E-state index contributed by atoms with van der Waals surface area (Å²) in [7, 11) is 1.82. The maximum atomic E-state index is 5.30. The van der Waals surface area contributed by atoms with Crippen molar-refractivity contribution in [3.63, 3.8) is 0 Å². The molecule has 0 spiro atoms. The highest BCUT2D eigenvalue weighted by molar-refractivity contribution is 5.41. The molecule has 84 valence electrons. The van der Waals surface area contributed by atoms with E-state index in [2.05, 4.69) is 20.6 Å². The zero-order chi connectivity index (χ0) is 11.1. The average Bonchev–Trinajstić information content (AvgIpc) is 2.26. The summed E-state index contributed by atoms with van der Waals surface area (Å²) < 4.78 is 5.30. The van der Waals surface area contributed by atoms with Gasteiger partial charge in [-0.1, -0.05) is 0 Å². The summed E-state index contributed by atoms with van der Waals surface area (Å²) in [6.45, 7) is 5.42. The molecular formula is C10H18N4O. The summed E-state index contributed by atoms with van der Waals surface area (Å²) in [5.41, 5.74) is 0. The summed E-state index contributed by atoms with van der Waals surface area (Å²) in [6.07, 6.45) is 3.38. The Hall–Kier alpha value is -1.36. The van der Waals surface area contributed by atoms with Crippen molar-refractivity contribution in [3.05, 3.63) is 12.4 Å². The first-order valence-electron chi connectivity index (χ1n) is 5.10. The van der Waals surface area contributed by atoms with Crippen molar-refractivity contribution in [2.24, 2.45) is 0 Å². The minimum atomic E-state index is 0.228. The predicted octanol–water partition coefficient (Wildman–Crippen LogP) is 1.36. The summed E-state index contributed by atoms with van der Waals surface area (Å²) in [5.74, 6) is 1.51. The van der Waals surface area contributed by atoms with E-state index in [-0.39, 0.29) is 6.04 Å². The van der Waals surface area contributed by atoms with E-state index in [0.29, 0.717) is 6.61 Å². The lowest BCUT2D eigenvalue weighted by Crippen LogP contribution is -2.22. The summed E-state index contributed by atoms with van der Waals surface area (Å²) in [4.78, 5) is 8.36. The molecule has 0 aromatic carbocycles. The van der Waals surface area contributed by atoms with E-state index in [1.165, 1.54) is 0 Å². The minimum absolute atomic E-state index is 0.228. The van der Waals surface area contributed by atoms with Gasteiger partial charge in [-0.25, -0.2) is 4.98 Å². The fourth-order valence-corrected chi connectivity index (χ4v) is 1.14. The Morgan fingerprint density at radius 1 is 1.40 bits per heavy atom. The number of ether oxygens (including phenoxy) is 1. The fourth-order valence-electron chi connectivity index (χ4n) is 1.14. The van der Waals surface area contributed by atoms with Crippen molar-refractivity contribution in [1.82, 2.24) is 9.97 Å². The molecule has 0 aliphatic carbocycles. The van der Waals surface area contributed by atoms with Gasteiger partial charge in [-0.15, -0.1) is 0 Å². The fraction of sp³-hybridized carbons (Fsp3) is 0.600. The van der Waals surface area contributed by atoms with Crippen molar-refractivity contribution in [2.45, 2.75) is 19.9 Å². The Morgan fingerprint density at radius 3 is 2.80 bits per heavy atom. The molecule has 0 radical (unpaired) electrons. The van der Waals surface area contributed by atoms with Crippen molar-refractivity contribution < 1.29 is 4.74 Å². The molecule has 5 heteroatoms.